The molecular weight excluding hydrogens is 198 g/mol. The van der Waals surface area contributed by atoms with Gasteiger partial charge < -0.3 is 10.6 Å². The molecule has 1 saturated carbocycles. The van der Waals surface area contributed by atoms with Gasteiger partial charge in [0.1, 0.15) is 5.82 Å². The fourth-order valence-electron chi connectivity index (χ4n) is 2.76. The summed E-state index contributed by atoms with van der Waals surface area (Å²) in [6.07, 6.45) is 3.00. The van der Waals surface area contributed by atoms with Crippen molar-refractivity contribution in [1.29, 1.82) is 0 Å². The van der Waals surface area contributed by atoms with Crippen LogP contribution < -0.4 is 10.6 Å². The molecule has 1 aromatic heterocycles. The molecule has 1 aliphatic carbocycles. The molecular formula is C13H21N3. The molecule has 0 aromatic carbocycles. The summed E-state index contributed by atoms with van der Waals surface area (Å²) in [5.41, 5.74) is 7.72. The molecule has 2 rings (SSSR count). The average Bonchev–Trinajstić information content (AvgIpc) is 2.82. The Hall–Kier alpha value is -1.09. The van der Waals surface area contributed by atoms with Crippen LogP contribution in [0.5, 0.6) is 0 Å². The molecule has 1 unspecified atom stereocenters. The Kier molecular flexibility index (Phi) is 2.46. The van der Waals surface area contributed by atoms with Crippen molar-refractivity contribution in [3.63, 3.8) is 0 Å². The zero-order valence-electron chi connectivity index (χ0n) is 10.6. The molecule has 0 aliphatic heterocycles. The maximum absolute atomic E-state index is 6.00. The number of hydrogen-bond donors (Lipinski definition) is 1. The molecule has 2 N–H and O–H groups in total. The van der Waals surface area contributed by atoms with Crippen LogP contribution in [-0.4, -0.2) is 25.6 Å². The van der Waals surface area contributed by atoms with Crippen LogP contribution in [0.1, 0.15) is 25.8 Å². The van der Waals surface area contributed by atoms with Crippen molar-refractivity contribution in [2.24, 2.45) is 11.1 Å². The molecule has 3 nitrogen and oxygen atoms in total. The molecule has 1 aliphatic rings. The van der Waals surface area contributed by atoms with Gasteiger partial charge in [-0.1, -0.05) is 19.9 Å². The van der Waals surface area contributed by atoms with Crippen molar-refractivity contribution in [2.75, 3.05) is 25.5 Å². The molecule has 1 fully saturated rings. The van der Waals surface area contributed by atoms with E-state index in [1.165, 1.54) is 5.56 Å². The molecule has 0 saturated heterocycles. The standard InChI is InChI=1S/C13H21N3/c1-12(2)8-13(12,9-14)10-6-5-7-15-11(10)16(3)4/h5-7H,8-9,14H2,1-4H3. The highest BCUT2D eigenvalue weighted by Crippen LogP contribution is 2.64. The topological polar surface area (TPSA) is 42.2 Å². The number of hydrogen-bond acceptors (Lipinski definition) is 3. The first-order valence-corrected chi connectivity index (χ1v) is 5.77. The zero-order valence-corrected chi connectivity index (χ0v) is 10.6. The van der Waals surface area contributed by atoms with Crippen LogP contribution in [0.4, 0.5) is 5.82 Å². The monoisotopic (exact) mass is 219 g/mol. The largest absolute Gasteiger partial charge is 0.363 e. The summed E-state index contributed by atoms with van der Waals surface area (Å²) in [6.45, 7) is 5.27. The lowest BCUT2D eigenvalue weighted by Gasteiger charge is -2.24. The molecule has 88 valence electrons. The summed E-state index contributed by atoms with van der Waals surface area (Å²) in [4.78, 5) is 6.54. The Morgan fingerprint density at radius 2 is 2.06 bits per heavy atom. The Balaban J connectivity index is 2.49. The lowest BCUT2D eigenvalue weighted by molar-refractivity contribution is 0.502. The van der Waals surface area contributed by atoms with E-state index in [1.54, 1.807) is 0 Å². The Bertz CT molecular complexity index is 398. The maximum Gasteiger partial charge on any atom is 0.131 e. The van der Waals surface area contributed by atoms with Gasteiger partial charge in [0.15, 0.2) is 0 Å². The average molecular weight is 219 g/mol. The summed E-state index contributed by atoms with van der Waals surface area (Å²) < 4.78 is 0. The van der Waals surface area contributed by atoms with Gasteiger partial charge in [-0.3, -0.25) is 0 Å². The van der Waals surface area contributed by atoms with E-state index in [4.69, 9.17) is 5.73 Å². The fraction of sp³-hybridized carbons (Fsp3) is 0.615. The smallest absolute Gasteiger partial charge is 0.131 e. The number of aromatic nitrogens is 1. The molecule has 0 spiro atoms. The summed E-state index contributed by atoms with van der Waals surface area (Å²) in [5.74, 6) is 1.05. The first-order valence-electron chi connectivity index (χ1n) is 5.77. The van der Waals surface area contributed by atoms with Crippen molar-refractivity contribution in [3.8, 4) is 0 Å². The lowest BCUT2D eigenvalue weighted by Crippen LogP contribution is -2.28. The third-order valence-corrected chi connectivity index (χ3v) is 3.99. The second-order valence-electron chi connectivity index (χ2n) is 5.62. The van der Waals surface area contributed by atoms with Gasteiger partial charge in [0.05, 0.1) is 0 Å². The lowest BCUT2D eigenvalue weighted by atomic mass is 9.88. The first-order chi connectivity index (χ1) is 7.44. The highest BCUT2D eigenvalue weighted by Gasteiger charge is 2.62. The number of pyridine rings is 1. The van der Waals surface area contributed by atoms with E-state index in [-0.39, 0.29) is 5.41 Å². The summed E-state index contributed by atoms with van der Waals surface area (Å²) in [6, 6.07) is 4.18. The second kappa shape index (κ2) is 3.45. The van der Waals surface area contributed by atoms with E-state index in [0.29, 0.717) is 12.0 Å². The predicted octanol–water partition coefficient (Wildman–Crippen LogP) is 1.77. The van der Waals surface area contributed by atoms with Gasteiger partial charge in [-0.15, -0.1) is 0 Å². The van der Waals surface area contributed by atoms with E-state index in [1.807, 2.05) is 26.4 Å². The molecule has 1 aromatic rings. The molecule has 0 bridgehead atoms. The van der Waals surface area contributed by atoms with Gasteiger partial charge in [0, 0.05) is 37.8 Å². The molecule has 0 amide bonds. The SMILES string of the molecule is CN(C)c1ncccc1C1(CN)CC1(C)C. The first kappa shape index (κ1) is 11.4. The normalized spacial score (nSPS) is 26.6. The summed E-state index contributed by atoms with van der Waals surface area (Å²) in [5, 5.41) is 0. The van der Waals surface area contributed by atoms with Crippen LogP contribution in [0, 0.1) is 5.41 Å². The highest BCUT2D eigenvalue weighted by atomic mass is 15.1. The van der Waals surface area contributed by atoms with Gasteiger partial charge in [-0.05, 0) is 17.9 Å². The van der Waals surface area contributed by atoms with Gasteiger partial charge in [0.25, 0.3) is 0 Å². The van der Waals surface area contributed by atoms with E-state index in [9.17, 15) is 0 Å². The minimum absolute atomic E-state index is 0.126. The minimum atomic E-state index is 0.126. The van der Waals surface area contributed by atoms with Crippen LogP contribution in [0.25, 0.3) is 0 Å². The van der Waals surface area contributed by atoms with Crippen molar-refractivity contribution in [2.45, 2.75) is 25.7 Å². The van der Waals surface area contributed by atoms with Crippen LogP contribution in [0.15, 0.2) is 18.3 Å². The van der Waals surface area contributed by atoms with E-state index in [2.05, 4.69) is 29.8 Å². The van der Waals surface area contributed by atoms with Crippen LogP contribution >= 0.6 is 0 Å². The van der Waals surface area contributed by atoms with Gasteiger partial charge in [0.2, 0.25) is 0 Å². The highest BCUT2D eigenvalue weighted by molar-refractivity contribution is 5.54. The van der Waals surface area contributed by atoms with E-state index < -0.39 is 0 Å². The third-order valence-electron chi connectivity index (χ3n) is 3.99. The van der Waals surface area contributed by atoms with Crippen molar-refractivity contribution in [3.05, 3.63) is 23.9 Å². The number of anilines is 1. The maximum atomic E-state index is 6.00. The molecule has 1 atom stereocenters. The third kappa shape index (κ3) is 1.42. The van der Waals surface area contributed by atoms with Crippen molar-refractivity contribution >= 4 is 5.82 Å². The Labute approximate surface area is 97.7 Å². The Morgan fingerprint density at radius 1 is 1.44 bits per heavy atom. The van der Waals surface area contributed by atoms with Gasteiger partial charge in [-0.25, -0.2) is 4.98 Å². The molecule has 0 radical (unpaired) electrons. The number of nitrogens with two attached hydrogens (primary N) is 1. The quantitative estimate of drug-likeness (QED) is 0.842. The Morgan fingerprint density at radius 3 is 2.50 bits per heavy atom. The molecule has 3 heteroatoms. The van der Waals surface area contributed by atoms with Crippen LogP contribution in [0.2, 0.25) is 0 Å². The van der Waals surface area contributed by atoms with Crippen molar-refractivity contribution in [1.82, 2.24) is 4.98 Å². The molecule has 16 heavy (non-hydrogen) atoms. The van der Waals surface area contributed by atoms with Crippen LogP contribution in [-0.2, 0) is 5.41 Å². The fourth-order valence-corrected chi connectivity index (χ4v) is 2.76. The predicted molar refractivity (Wildman–Crippen MR) is 67.7 cm³/mol. The van der Waals surface area contributed by atoms with Gasteiger partial charge in [-0.2, -0.15) is 0 Å². The van der Waals surface area contributed by atoms with Crippen molar-refractivity contribution < 1.29 is 0 Å². The minimum Gasteiger partial charge on any atom is -0.363 e. The number of rotatable bonds is 3. The van der Waals surface area contributed by atoms with Gasteiger partial charge >= 0.3 is 0 Å². The van der Waals surface area contributed by atoms with Crippen LogP contribution in [0.3, 0.4) is 0 Å². The molecule has 1 heterocycles. The van der Waals surface area contributed by atoms with E-state index in [0.717, 1.165) is 12.2 Å². The summed E-state index contributed by atoms with van der Waals surface area (Å²) >= 11 is 0. The van der Waals surface area contributed by atoms with E-state index >= 15 is 0 Å². The summed E-state index contributed by atoms with van der Waals surface area (Å²) in [7, 11) is 4.07. The second-order valence-corrected chi connectivity index (χ2v) is 5.62. The zero-order chi connectivity index (χ0) is 12.0. The number of nitrogens with zero attached hydrogens (tertiary/aromatic N) is 2.